The lowest BCUT2D eigenvalue weighted by Crippen LogP contribution is -2.30. The van der Waals surface area contributed by atoms with E-state index in [1.54, 1.807) is 0 Å². The number of rotatable bonds is 53. The molecule has 0 fully saturated rings. The molecular weight excluding hydrogens is 901 g/mol. The van der Waals surface area contributed by atoms with Gasteiger partial charge in [0.1, 0.15) is 13.2 Å². The van der Waals surface area contributed by atoms with Gasteiger partial charge in [0.15, 0.2) is 6.10 Å². The number of ether oxygens (including phenoxy) is 3. The fourth-order valence-corrected chi connectivity index (χ4v) is 7.98. The summed E-state index contributed by atoms with van der Waals surface area (Å²) in [4.78, 5) is 38.3. The maximum absolute atomic E-state index is 12.9. The predicted molar refractivity (Wildman–Crippen MR) is 316 cm³/mol. The van der Waals surface area contributed by atoms with Gasteiger partial charge in [0.25, 0.3) is 0 Å². The van der Waals surface area contributed by atoms with Gasteiger partial charge in [-0.3, -0.25) is 14.4 Å². The van der Waals surface area contributed by atoms with Gasteiger partial charge in [0.05, 0.1) is 0 Å². The number of allylic oxidation sites excluding steroid dienone is 20. The fourth-order valence-electron chi connectivity index (χ4n) is 7.98. The maximum atomic E-state index is 12.9. The Hall–Kier alpha value is -4.19. The lowest BCUT2D eigenvalue weighted by Gasteiger charge is -2.18. The van der Waals surface area contributed by atoms with Crippen molar-refractivity contribution in [3.8, 4) is 0 Å². The van der Waals surface area contributed by atoms with E-state index in [1.165, 1.54) is 64.2 Å². The molecule has 1 atom stereocenters. The summed E-state index contributed by atoms with van der Waals surface area (Å²) in [5.74, 6) is -0.937. The van der Waals surface area contributed by atoms with Crippen molar-refractivity contribution in [1.29, 1.82) is 0 Å². The van der Waals surface area contributed by atoms with Crippen LogP contribution in [0.3, 0.4) is 0 Å². The van der Waals surface area contributed by atoms with Gasteiger partial charge in [-0.1, -0.05) is 239 Å². The van der Waals surface area contributed by atoms with E-state index in [2.05, 4.69) is 142 Å². The molecule has 1 unspecified atom stereocenters. The van der Waals surface area contributed by atoms with Gasteiger partial charge >= 0.3 is 17.9 Å². The molecule has 0 aromatic rings. The van der Waals surface area contributed by atoms with Crippen LogP contribution in [0.2, 0.25) is 0 Å². The number of carbonyl (C=O) groups is 3. The van der Waals surface area contributed by atoms with Crippen LogP contribution in [0.4, 0.5) is 0 Å². The Morgan fingerprint density at radius 1 is 0.288 bits per heavy atom. The number of hydrogen-bond acceptors (Lipinski definition) is 6. The van der Waals surface area contributed by atoms with Crippen molar-refractivity contribution in [2.75, 3.05) is 13.2 Å². The molecule has 0 aliphatic rings. The third-order valence-corrected chi connectivity index (χ3v) is 12.4. The lowest BCUT2D eigenvalue weighted by atomic mass is 10.1. The van der Waals surface area contributed by atoms with E-state index in [4.69, 9.17) is 14.2 Å². The Bertz CT molecular complexity index is 1540. The molecule has 0 bridgehead atoms. The molecule has 0 aromatic carbocycles. The van der Waals surface area contributed by atoms with Crippen molar-refractivity contribution in [2.45, 2.75) is 271 Å². The fraction of sp³-hybridized carbons (Fsp3) is 0.657. The average Bonchev–Trinajstić information content (AvgIpc) is 3.39. The normalized spacial score (nSPS) is 13.0. The van der Waals surface area contributed by atoms with Gasteiger partial charge in [-0.25, -0.2) is 0 Å². The summed E-state index contributed by atoms with van der Waals surface area (Å²) < 4.78 is 16.9. The van der Waals surface area contributed by atoms with Crippen LogP contribution in [0.1, 0.15) is 265 Å². The van der Waals surface area contributed by atoms with Crippen LogP contribution in [0, 0.1) is 0 Å². The molecule has 0 aliphatic carbocycles. The summed E-state index contributed by atoms with van der Waals surface area (Å²) >= 11 is 0. The van der Waals surface area contributed by atoms with Gasteiger partial charge in [-0.2, -0.15) is 0 Å². The van der Waals surface area contributed by atoms with E-state index in [-0.39, 0.29) is 31.1 Å². The highest BCUT2D eigenvalue weighted by atomic mass is 16.6. The molecule has 0 heterocycles. The van der Waals surface area contributed by atoms with E-state index in [1.807, 2.05) is 0 Å². The van der Waals surface area contributed by atoms with Crippen molar-refractivity contribution < 1.29 is 28.6 Å². The van der Waals surface area contributed by atoms with Gasteiger partial charge in [-0.15, -0.1) is 0 Å². The van der Waals surface area contributed by atoms with Crippen molar-refractivity contribution >= 4 is 17.9 Å². The van der Waals surface area contributed by atoms with E-state index in [0.717, 1.165) is 161 Å². The molecule has 6 heteroatoms. The van der Waals surface area contributed by atoms with E-state index >= 15 is 0 Å². The van der Waals surface area contributed by atoms with Gasteiger partial charge in [-0.05, 0) is 128 Å². The zero-order valence-corrected chi connectivity index (χ0v) is 47.4. The summed E-state index contributed by atoms with van der Waals surface area (Å²) in [6.45, 7) is 6.38. The standard InChI is InChI=1S/C67H110O6/c1-4-7-10-13-16-19-22-25-28-30-32-33-35-36-39-42-45-48-51-54-57-60-66(69)72-63-64(62-71-65(68)59-56-53-50-47-44-41-38-27-24-21-18-15-12-9-6-3)73-67(70)61-58-55-52-49-46-43-40-37-34-31-29-26-23-20-17-14-11-8-5-2/h7-8,10-11,16-17,19-20,25-29,32-34,36-39,64H,4-6,9,12-15,18,21-24,30-31,35,40-63H2,1-3H3/b10-7-,11-8-,19-16-,20-17-,28-25-,29-26-,33-32-,37-34-,38-27-,39-36-. The van der Waals surface area contributed by atoms with Crippen molar-refractivity contribution in [2.24, 2.45) is 0 Å². The van der Waals surface area contributed by atoms with Gasteiger partial charge in [0.2, 0.25) is 0 Å². The third kappa shape index (κ3) is 58.6. The van der Waals surface area contributed by atoms with Crippen LogP contribution >= 0.6 is 0 Å². The zero-order valence-electron chi connectivity index (χ0n) is 47.4. The monoisotopic (exact) mass is 1010 g/mol. The number of esters is 3. The first-order valence-electron chi connectivity index (χ1n) is 30.0. The highest BCUT2D eigenvalue weighted by molar-refractivity contribution is 5.71. The van der Waals surface area contributed by atoms with Crippen molar-refractivity contribution in [3.05, 3.63) is 122 Å². The highest BCUT2D eigenvalue weighted by Crippen LogP contribution is 2.14. The average molecular weight is 1010 g/mol. The summed E-state index contributed by atoms with van der Waals surface area (Å²) in [5, 5.41) is 0. The minimum Gasteiger partial charge on any atom is -0.462 e. The Balaban J connectivity index is 4.47. The summed E-state index contributed by atoms with van der Waals surface area (Å²) in [6, 6.07) is 0. The topological polar surface area (TPSA) is 78.9 Å². The minimum atomic E-state index is -0.802. The molecule has 0 aliphatic heterocycles. The smallest absolute Gasteiger partial charge is 0.306 e. The summed E-state index contributed by atoms with van der Waals surface area (Å²) in [6.07, 6.45) is 83.3. The van der Waals surface area contributed by atoms with E-state index in [9.17, 15) is 14.4 Å². The summed E-state index contributed by atoms with van der Waals surface area (Å²) in [5.41, 5.74) is 0. The zero-order chi connectivity index (χ0) is 52.9. The lowest BCUT2D eigenvalue weighted by molar-refractivity contribution is -0.167. The largest absolute Gasteiger partial charge is 0.462 e. The van der Waals surface area contributed by atoms with E-state index in [0.29, 0.717) is 19.3 Å². The number of hydrogen-bond donors (Lipinski definition) is 0. The molecular formula is C67H110O6. The first-order chi connectivity index (χ1) is 36.0. The minimum absolute atomic E-state index is 0.0971. The Labute approximate surface area is 450 Å². The molecule has 0 radical (unpaired) electrons. The second kappa shape index (κ2) is 60.4. The van der Waals surface area contributed by atoms with Crippen LogP contribution < -0.4 is 0 Å². The third-order valence-electron chi connectivity index (χ3n) is 12.4. The molecule has 6 nitrogen and oxygen atoms in total. The Kier molecular flexibility index (Phi) is 56.9. The van der Waals surface area contributed by atoms with Crippen LogP contribution in [0.25, 0.3) is 0 Å². The molecule has 0 saturated heterocycles. The number of unbranched alkanes of at least 4 members (excludes halogenated alkanes) is 22. The van der Waals surface area contributed by atoms with Crippen LogP contribution in [0.5, 0.6) is 0 Å². The summed E-state index contributed by atoms with van der Waals surface area (Å²) in [7, 11) is 0. The van der Waals surface area contributed by atoms with Gasteiger partial charge in [0, 0.05) is 19.3 Å². The van der Waals surface area contributed by atoms with Gasteiger partial charge < -0.3 is 14.2 Å². The van der Waals surface area contributed by atoms with Crippen LogP contribution in [-0.2, 0) is 28.6 Å². The molecule has 0 amide bonds. The van der Waals surface area contributed by atoms with Crippen molar-refractivity contribution in [3.63, 3.8) is 0 Å². The Morgan fingerprint density at radius 3 is 0.849 bits per heavy atom. The first kappa shape index (κ1) is 68.8. The molecule has 0 spiro atoms. The second-order valence-electron chi connectivity index (χ2n) is 19.5. The first-order valence-corrected chi connectivity index (χ1v) is 30.0. The highest BCUT2D eigenvalue weighted by Gasteiger charge is 2.19. The van der Waals surface area contributed by atoms with Crippen LogP contribution in [-0.4, -0.2) is 37.2 Å². The molecule has 0 aromatic heterocycles. The molecule has 0 rings (SSSR count). The van der Waals surface area contributed by atoms with Crippen LogP contribution in [0.15, 0.2) is 122 Å². The SMILES string of the molecule is CC/C=C\C/C=C\C/C=C\C/C=C\C/C=C\CCCCCCCC(=O)OCC(COC(=O)CCCCCCC/C=C\CCCCCCCC)OC(=O)CCCCCCCC/C=C\C/C=C\C/C=C\C/C=C\CC. The second-order valence-corrected chi connectivity index (χ2v) is 19.5. The number of carbonyl (C=O) groups excluding carboxylic acids is 3. The molecule has 414 valence electrons. The Morgan fingerprint density at radius 2 is 0.534 bits per heavy atom. The maximum Gasteiger partial charge on any atom is 0.306 e. The predicted octanol–water partition coefficient (Wildman–Crippen LogP) is 20.4. The molecule has 0 N–H and O–H groups in total. The molecule has 73 heavy (non-hydrogen) atoms. The quantitative estimate of drug-likeness (QED) is 0.0261. The van der Waals surface area contributed by atoms with Crippen molar-refractivity contribution in [1.82, 2.24) is 0 Å². The van der Waals surface area contributed by atoms with E-state index < -0.39 is 6.10 Å². The molecule has 0 saturated carbocycles.